The van der Waals surface area contributed by atoms with E-state index in [1.807, 2.05) is 43.4 Å². The molecule has 2 aromatic rings. The van der Waals surface area contributed by atoms with Gasteiger partial charge >= 0.3 is 11.9 Å². The molecule has 6 nitrogen and oxygen atoms in total. The van der Waals surface area contributed by atoms with Crippen LogP contribution in [0.4, 0.5) is 0 Å². The van der Waals surface area contributed by atoms with Crippen molar-refractivity contribution in [1.82, 2.24) is 0 Å². The molecule has 0 radical (unpaired) electrons. The normalized spacial score (nSPS) is 12.4. The Hall–Kier alpha value is -4.32. The first-order chi connectivity index (χ1) is 18.1. The van der Waals surface area contributed by atoms with Crippen LogP contribution in [0.3, 0.4) is 0 Å². The molecule has 6 heteroatoms. The average Bonchev–Trinajstić information content (AvgIpc) is 2.89. The fourth-order valence-corrected chi connectivity index (χ4v) is 3.50. The highest BCUT2D eigenvalue weighted by atomic mass is 16.6. The van der Waals surface area contributed by atoms with Crippen molar-refractivity contribution < 1.29 is 28.5 Å². The van der Waals surface area contributed by atoms with Gasteiger partial charge in [0.15, 0.2) is 6.61 Å². The molecule has 0 heterocycles. The van der Waals surface area contributed by atoms with Gasteiger partial charge in [-0.15, -0.1) is 0 Å². The predicted molar refractivity (Wildman–Crippen MR) is 152 cm³/mol. The number of ether oxygens (including phenoxy) is 4. The molecule has 0 amide bonds. The standard InChI is InChI=1S/C32H36O6/c1-22(11-16-29-24(3)20-30(36-7)26(5)25(29)4)9-8-10-23(2)19-31(33)38-21-32(34)37-18-17-27-12-14-28(35-6)15-13-27/h8-20H,21H2,1-7H3. The first kappa shape index (κ1) is 29.9. The van der Waals surface area contributed by atoms with Gasteiger partial charge in [0.1, 0.15) is 11.5 Å². The molecule has 0 saturated carbocycles. The third kappa shape index (κ3) is 9.62. The van der Waals surface area contributed by atoms with Crippen LogP contribution in [-0.2, 0) is 19.1 Å². The van der Waals surface area contributed by atoms with Crippen LogP contribution in [0.25, 0.3) is 12.2 Å². The summed E-state index contributed by atoms with van der Waals surface area (Å²) >= 11 is 0. The van der Waals surface area contributed by atoms with E-state index in [4.69, 9.17) is 18.9 Å². The molecule has 0 fully saturated rings. The van der Waals surface area contributed by atoms with Crippen molar-refractivity contribution in [2.75, 3.05) is 20.8 Å². The number of methoxy groups -OCH3 is 2. The minimum Gasteiger partial charge on any atom is -0.497 e. The van der Waals surface area contributed by atoms with Gasteiger partial charge in [-0.05, 0) is 92.3 Å². The number of rotatable bonds is 11. The molecule has 0 aliphatic carbocycles. The monoisotopic (exact) mass is 516 g/mol. The van der Waals surface area contributed by atoms with Crippen molar-refractivity contribution in [3.8, 4) is 11.5 Å². The molecule has 0 aliphatic rings. The summed E-state index contributed by atoms with van der Waals surface area (Å²) in [5, 5.41) is 0. The molecule has 0 aliphatic heterocycles. The summed E-state index contributed by atoms with van der Waals surface area (Å²) in [5.41, 5.74) is 7.22. The maximum absolute atomic E-state index is 12.0. The largest absolute Gasteiger partial charge is 0.497 e. The van der Waals surface area contributed by atoms with Gasteiger partial charge in [-0.2, -0.15) is 0 Å². The second kappa shape index (κ2) is 15.1. The summed E-state index contributed by atoms with van der Waals surface area (Å²) in [6.45, 7) is 9.52. The quantitative estimate of drug-likeness (QED) is 0.141. The number of hydrogen-bond acceptors (Lipinski definition) is 6. The van der Waals surface area contributed by atoms with Gasteiger partial charge in [-0.1, -0.05) is 48.1 Å². The van der Waals surface area contributed by atoms with Crippen molar-refractivity contribution in [1.29, 1.82) is 0 Å². The first-order valence-electron chi connectivity index (χ1n) is 12.2. The van der Waals surface area contributed by atoms with Crippen molar-refractivity contribution in [3.63, 3.8) is 0 Å². The highest BCUT2D eigenvalue weighted by Gasteiger charge is 2.08. The zero-order chi connectivity index (χ0) is 28.1. The van der Waals surface area contributed by atoms with Crippen LogP contribution >= 0.6 is 0 Å². The van der Waals surface area contributed by atoms with Crippen LogP contribution in [0.2, 0.25) is 0 Å². The maximum atomic E-state index is 12.0. The van der Waals surface area contributed by atoms with E-state index in [1.54, 1.807) is 45.4 Å². The topological polar surface area (TPSA) is 71.1 Å². The van der Waals surface area contributed by atoms with Crippen LogP contribution in [0, 0.1) is 20.8 Å². The molecule has 0 unspecified atom stereocenters. The van der Waals surface area contributed by atoms with Crippen molar-refractivity contribution in [3.05, 3.63) is 106 Å². The number of carbonyl (C=O) groups excluding carboxylic acids is 2. The van der Waals surface area contributed by atoms with E-state index in [-0.39, 0.29) is 0 Å². The lowest BCUT2D eigenvalue weighted by Crippen LogP contribution is -2.13. The first-order valence-corrected chi connectivity index (χ1v) is 12.2. The number of benzene rings is 2. The summed E-state index contributed by atoms with van der Waals surface area (Å²) in [5.74, 6) is 0.334. The van der Waals surface area contributed by atoms with Crippen LogP contribution in [0.1, 0.15) is 41.7 Å². The third-order valence-electron chi connectivity index (χ3n) is 5.81. The lowest BCUT2D eigenvalue weighted by molar-refractivity contribution is -0.152. The van der Waals surface area contributed by atoms with Crippen LogP contribution in [0.15, 0.2) is 78.1 Å². The van der Waals surface area contributed by atoms with E-state index in [2.05, 4.69) is 26.8 Å². The number of carbonyl (C=O) groups is 2. The molecular weight excluding hydrogens is 480 g/mol. The molecule has 0 atom stereocenters. The van der Waals surface area contributed by atoms with Crippen molar-refractivity contribution in [2.45, 2.75) is 34.6 Å². The highest BCUT2D eigenvalue weighted by Crippen LogP contribution is 2.28. The number of aryl methyl sites for hydroxylation is 1. The molecule has 0 spiro atoms. The van der Waals surface area contributed by atoms with Gasteiger partial charge < -0.3 is 18.9 Å². The van der Waals surface area contributed by atoms with Gasteiger partial charge in [0.2, 0.25) is 0 Å². The molecule has 0 aromatic heterocycles. The molecule has 0 saturated heterocycles. The van der Waals surface area contributed by atoms with E-state index in [9.17, 15) is 9.59 Å². The van der Waals surface area contributed by atoms with Gasteiger partial charge in [0.05, 0.1) is 20.5 Å². The fourth-order valence-electron chi connectivity index (χ4n) is 3.50. The molecule has 0 N–H and O–H groups in total. The Kier molecular flexibility index (Phi) is 11.8. The second-order valence-electron chi connectivity index (χ2n) is 8.72. The Balaban J connectivity index is 1.84. The Morgan fingerprint density at radius 1 is 0.868 bits per heavy atom. The van der Waals surface area contributed by atoms with E-state index in [1.165, 1.54) is 23.5 Å². The van der Waals surface area contributed by atoms with Gasteiger partial charge in [0.25, 0.3) is 0 Å². The smallest absolute Gasteiger partial charge is 0.349 e. The molecule has 2 aromatic carbocycles. The third-order valence-corrected chi connectivity index (χ3v) is 5.81. The second-order valence-corrected chi connectivity index (χ2v) is 8.72. The van der Waals surface area contributed by atoms with Crippen LogP contribution < -0.4 is 9.47 Å². The van der Waals surface area contributed by atoms with E-state index in [0.29, 0.717) is 5.57 Å². The zero-order valence-electron chi connectivity index (χ0n) is 23.2. The molecule has 38 heavy (non-hydrogen) atoms. The minimum absolute atomic E-state index is 0.479. The number of hydrogen-bond donors (Lipinski definition) is 0. The zero-order valence-corrected chi connectivity index (χ0v) is 23.2. The van der Waals surface area contributed by atoms with Gasteiger partial charge in [-0.3, -0.25) is 0 Å². The minimum atomic E-state index is -0.674. The lowest BCUT2D eigenvalue weighted by Gasteiger charge is -2.13. The number of allylic oxidation sites excluding steroid dienone is 6. The highest BCUT2D eigenvalue weighted by molar-refractivity contribution is 5.85. The fraction of sp³-hybridized carbons (Fsp3) is 0.250. The summed E-state index contributed by atoms with van der Waals surface area (Å²) < 4.78 is 20.4. The average molecular weight is 517 g/mol. The van der Waals surface area contributed by atoms with Gasteiger partial charge in [-0.25, -0.2) is 9.59 Å². The molecule has 2 rings (SSSR count). The van der Waals surface area contributed by atoms with Crippen molar-refractivity contribution >= 4 is 24.1 Å². The Morgan fingerprint density at radius 2 is 1.58 bits per heavy atom. The maximum Gasteiger partial charge on any atom is 0.349 e. The lowest BCUT2D eigenvalue weighted by atomic mass is 9.96. The summed E-state index contributed by atoms with van der Waals surface area (Å²) in [6, 6.07) is 9.28. The Labute approximate surface area is 225 Å². The molecule has 0 bridgehead atoms. The van der Waals surface area contributed by atoms with E-state index in [0.717, 1.165) is 33.8 Å². The molecular formula is C32H36O6. The summed E-state index contributed by atoms with van der Waals surface area (Å²) in [6.07, 6.45) is 14.0. The Bertz CT molecular complexity index is 1270. The number of esters is 2. The van der Waals surface area contributed by atoms with Crippen molar-refractivity contribution in [2.24, 2.45) is 0 Å². The van der Waals surface area contributed by atoms with E-state index >= 15 is 0 Å². The van der Waals surface area contributed by atoms with Gasteiger partial charge in [0, 0.05) is 6.08 Å². The Morgan fingerprint density at radius 3 is 2.24 bits per heavy atom. The predicted octanol–water partition coefficient (Wildman–Crippen LogP) is 6.85. The van der Waals surface area contributed by atoms with Crippen LogP contribution in [-0.4, -0.2) is 32.8 Å². The van der Waals surface area contributed by atoms with Crippen LogP contribution in [0.5, 0.6) is 11.5 Å². The summed E-state index contributed by atoms with van der Waals surface area (Å²) in [4.78, 5) is 23.8. The SMILES string of the molecule is COc1ccc(C=COC(=O)COC(=O)C=C(C)C=CC=C(C)C=Cc2c(C)cc(OC)c(C)c2C)cc1. The summed E-state index contributed by atoms with van der Waals surface area (Å²) in [7, 11) is 3.27. The van der Waals surface area contributed by atoms with E-state index < -0.39 is 18.5 Å². The molecule has 200 valence electrons.